The summed E-state index contributed by atoms with van der Waals surface area (Å²) in [4.78, 5) is 18.3. The highest BCUT2D eigenvalue weighted by Crippen LogP contribution is 2.42. The van der Waals surface area contributed by atoms with Crippen LogP contribution in [0.2, 0.25) is 0 Å². The molecule has 4 aromatic rings. The molecule has 3 aromatic carbocycles. The summed E-state index contributed by atoms with van der Waals surface area (Å²) in [6, 6.07) is 20.7. The van der Waals surface area contributed by atoms with E-state index in [2.05, 4.69) is 10.6 Å². The molecule has 1 aliphatic heterocycles. The predicted octanol–water partition coefficient (Wildman–Crippen LogP) is 5.11. The smallest absolute Gasteiger partial charge is 0.255 e. The van der Waals surface area contributed by atoms with E-state index in [1.807, 2.05) is 60.0 Å². The van der Waals surface area contributed by atoms with Crippen LogP contribution in [0.15, 0.2) is 84.1 Å². The molecule has 0 saturated carbocycles. The highest BCUT2D eigenvalue weighted by atomic mass is 19.1. The van der Waals surface area contributed by atoms with Crippen molar-refractivity contribution in [3.63, 3.8) is 0 Å². The summed E-state index contributed by atoms with van der Waals surface area (Å²) in [5, 5.41) is 6.18. The molecule has 1 aromatic heterocycles. The molecule has 0 bridgehead atoms. The molecule has 1 aliphatic rings. The number of halogens is 1. The molecule has 1 atom stereocenters. The molecule has 1 amide bonds. The van der Waals surface area contributed by atoms with Crippen LogP contribution >= 0.6 is 0 Å². The van der Waals surface area contributed by atoms with Gasteiger partial charge in [-0.1, -0.05) is 30.3 Å². The van der Waals surface area contributed by atoms with Gasteiger partial charge in [-0.25, -0.2) is 9.37 Å². The molecular formula is C25H21FN4O2. The highest BCUT2D eigenvalue weighted by molar-refractivity contribution is 6.06. The number of carbonyl (C=O) groups is 1. The van der Waals surface area contributed by atoms with Crippen molar-refractivity contribution >= 4 is 28.6 Å². The van der Waals surface area contributed by atoms with E-state index < -0.39 is 6.04 Å². The molecule has 7 heteroatoms. The summed E-state index contributed by atoms with van der Waals surface area (Å²) in [7, 11) is 1.61. The Balaban J connectivity index is 1.68. The van der Waals surface area contributed by atoms with Gasteiger partial charge in [-0.3, -0.25) is 9.36 Å². The Hall–Kier alpha value is -4.13. The molecule has 1 unspecified atom stereocenters. The number of aromatic nitrogens is 2. The number of anilines is 2. The average molecular weight is 428 g/mol. The van der Waals surface area contributed by atoms with E-state index in [4.69, 9.17) is 9.72 Å². The van der Waals surface area contributed by atoms with Crippen molar-refractivity contribution in [1.29, 1.82) is 0 Å². The van der Waals surface area contributed by atoms with Crippen LogP contribution in [0.25, 0.3) is 11.0 Å². The zero-order chi connectivity index (χ0) is 22.2. The largest absolute Gasteiger partial charge is 0.496 e. The van der Waals surface area contributed by atoms with Crippen LogP contribution in [0.4, 0.5) is 16.0 Å². The van der Waals surface area contributed by atoms with Crippen LogP contribution in [0.3, 0.4) is 0 Å². The monoisotopic (exact) mass is 428 g/mol. The Morgan fingerprint density at radius 1 is 1.06 bits per heavy atom. The number of hydrogen-bond acceptors (Lipinski definition) is 4. The van der Waals surface area contributed by atoms with E-state index in [0.29, 0.717) is 28.7 Å². The summed E-state index contributed by atoms with van der Waals surface area (Å²) in [5.41, 5.74) is 4.27. The van der Waals surface area contributed by atoms with Gasteiger partial charge in [0, 0.05) is 16.9 Å². The molecule has 6 nitrogen and oxygen atoms in total. The fraction of sp³-hybridized carbons (Fsp3) is 0.120. The maximum atomic E-state index is 13.5. The molecule has 0 spiro atoms. The van der Waals surface area contributed by atoms with Crippen molar-refractivity contribution in [2.24, 2.45) is 0 Å². The Morgan fingerprint density at radius 3 is 2.56 bits per heavy atom. The van der Waals surface area contributed by atoms with E-state index in [1.54, 1.807) is 7.11 Å². The zero-order valence-electron chi connectivity index (χ0n) is 17.6. The van der Waals surface area contributed by atoms with Crippen molar-refractivity contribution in [2.75, 3.05) is 17.7 Å². The van der Waals surface area contributed by atoms with Gasteiger partial charge in [-0.15, -0.1) is 0 Å². The fourth-order valence-electron chi connectivity index (χ4n) is 4.18. The quantitative estimate of drug-likeness (QED) is 0.474. The summed E-state index contributed by atoms with van der Waals surface area (Å²) in [5.74, 6) is 0.668. The topological polar surface area (TPSA) is 68.2 Å². The number of nitrogens with one attached hydrogen (secondary N) is 2. The Kier molecular flexibility index (Phi) is 4.86. The van der Waals surface area contributed by atoms with E-state index in [0.717, 1.165) is 16.6 Å². The van der Waals surface area contributed by atoms with Crippen molar-refractivity contribution in [3.8, 4) is 5.75 Å². The lowest BCUT2D eigenvalue weighted by molar-refractivity contribution is -0.113. The van der Waals surface area contributed by atoms with Gasteiger partial charge in [0.2, 0.25) is 5.95 Å². The number of imidazole rings is 1. The zero-order valence-corrected chi connectivity index (χ0v) is 17.6. The van der Waals surface area contributed by atoms with Gasteiger partial charge in [-0.05, 0) is 49.4 Å². The third-order valence-corrected chi connectivity index (χ3v) is 5.61. The lowest BCUT2D eigenvalue weighted by Crippen LogP contribution is -2.31. The van der Waals surface area contributed by atoms with E-state index in [1.165, 1.54) is 24.3 Å². The minimum atomic E-state index is -0.477. The third-order valence-electron chi connectivity index (χ3n) is 5.61. The van der Waals surface area contributed by atoms with Crippen LogP contribution in [0.1, 0.15) is 18.5 Å². The highest BCUT2D eigenvalue weighted by Gasteiger charge is 2.35. The van der Waals surface area contributed by atoms with Crippen molar-refractivity contribution in [3.05, 3.63) is 95.4 Å². The first-order chi connectivity index (χ1) is 15.6. The summed E-state index contributed by atoms with van der Waals surface area (Å²) in [6.45, 7) is 1.85. The summed E-state index contributed by atoms with van der Waals surface area (Å²) >= 11 is 0. The minimum Gasteiger partial charge on any atom is -0.496 e. The molecule has 32 heavy (non-hydrogen) atoms. The normalized spacial score (nSPS) is 15.3. The van der Waals surface area contributed by atoms with Crippen molar-refractivity contribution in [2.45, 2.75) is 13.0 Å². The SMILES string of the molecule is COc1ccccc1C1C(C(=O)Nc2ccc(F)cc2)=C(C)Nc2nc3ccccc3n21. The number of rotatable bonds is 4. The van der Waals surface area contributed by atoms with Crippen LogP contribution in [-0.2, 0) is 4.79 Å². The van der Waals surface area contributed by atoms with Gasteiger partial charge < -0.3 is 15.4 Å². The average Bonchev–Trinajstić information content (AvgIpc) is 3.17. The molecule has 0 radical (unpaired) electrons. The van der Waals surface area contributed by atoms with Gasteiger partial charge in [-0.2, -0.15) is 0 Å². The molecular weight excluding hydrogens is 407 g/mol. The summed E-state index contributed by atoms with van der Waals surface area (Å²) in [6.07, 6.45) is 0. The van der Waals surface area contributed by atoms with Crippen molar-refractivity contribution < 1.29 is 13.9 Å². The fourth-order valence-corrected chi connectivity index (χ4v) is 4.18. The first-order valence-corrected chi connectivity index (χ1v) is 10.2. The number of amides is 1. The first kappa shape index (κ1) is 19.8. The number of fused-ring (bicyclic) bond motifs is 3. The van der Waals surface area contributed by atoms with E-state index >= 15 is 0 Å². The molecule has 2 heterocycles. The summed E-state index contributed by atoms with van der Waals surface area (Å²) < 4.78 is 21.0. The molecule has 2 N–H and O–H groups in total. The Labute approximate surface area is 184 Å². The molecule has 0 saturated heterocycles. The second-order valence-electron chi connectivity index (χ2n) is 7.56. The molecule has 0 fully saturated rings. The maximum Gasteiger partial charge on any atom is 0.255 e. The molecule has 0 aliphatic carbocycles. The van der Waals surface area contributed by atoms with Crippen LogP contribution in [0.5, 0.6) is 5.75 Å². The van der Waals surface area contributed by atoms with Crippen LogP contribution < -0.4 is 15.4 Å². The number of methoxy groups -OCH3 is 1. The lowest BCUT2D eigenvalue weighted by atomic mass is 9.93. The van der Waals surface area contributed by atoms with Gasteiger partial charge in [0.05, 0.1) is 29.8 Å². The number of benzene rings is 3. The number of hydrogen-bond donors (Lipinski definition) is 2. The van der Waals surface area contributed by atoms with Crippen LogP contribution in [-0.4, -0.2) is 22.6 Å². The first-order valence-electron chi connectivity index (χ1n) is 10.2. The van der Waals surface area contributed by atoms with Gasteiger partial charge in [0.1, 0.15) is 11.6 Å². The standard InChI is InChI=1S/C25H21FN4O2/c1-15-22(24(31)28-17-13-11-16(26)12-14-17)23(18-7-3-6-10-21(18)32-2)30-20-9-5-4-8-19(20)29-25(30)27-15/h3-14,23H,1-2H3,(H,27,29)(H,28,31). The second kappa shape index (κ2) is 7.85. The van der Waals surface area contributed by atoms with E-state index in [-0.39, 0.29) is 11.7 Å². The Morgan fingerprint density at radius 2 is 1.78 bits per heavy atom. The third kappa shape index (κ3) is 3.28. The number of para-hydroxylation sites is 3. The van der Waals surface area contributed by atoms with Crippen LogP contribution in [0, 0.1) is 5.82 Å². The van der Waals surface area contributed by atoms with Gasteiger partial charge >= 0.3 is 0 Å². The maximum absolute atomic E-state index is 13.5. The van der Waals surface area contributed by atoms with Gasteiger partial charge in [0.25, 0.3) is 5.91 Å². The number of allylic oxidation sites excluding steroid dienone is 1. The van der Waals surface area contributed by atoms with E-state index in [9.17, 15) is 9.18 Å². The number of nitrogens with zero attached hydrogens (tertiary/aromatic N) is 2. The van der Waals surface area contributed by atoms with Gasteiger partial charge in [0.15, 0.2) is 0 Å². The second-order valence-corrected chi connectivity index (χ2v) is 7.56. The molecule has 5 rings (SSSR count). The Bertz CT molecular complexity index is 1360. The number of carbonyl (C=O) groups excluding carboxylic acids is 1. The molecule has 160 valence electrons. The van der Waals surface area contributed by atoms with Crippen molar-refractivity contribution in [1.82, 2.24) is 9.55 Å². The predicted molar refractivity (Wildman–Crippen MR) is 122 cm³/mol. The number of ether oxygens (including phenoxy) is 1. The lowest BCUT2D eigenvalue weighted by Gasteiger charge is -2.31. The minimum absolute atomic E-state index is 0.291.